The van der Waals surface area contributed by atoms with Gasteiger partial charge in [-0.05, 0) is 39.7 Å². The van der Waals surface area contributed by atoms with Crippen LogP contribution >= 0.6 is 11.6 Å². The molecule has 1 amide bonds. The number of rotatable bonds is 2. The Morgan fingerprint density at radius 3 is 2.68 bits per heavy atom. The highest BCUT2D eigenvalue weighted by atomic mass is 35.5. The first-order valence-electron chi connectivity index (χ1n) is 7.92. The van der Waals surface area contributed by atoms with Crippen LogP contribution in [0.4, 0.5) is 23.8 Å². The zero-order chi connectivity index (χ0) is 18.8. The van der Waals surface area contributed by atoms with Crippen LogP contribution in [0.5, 0.6) is 0 Å². The lowest BCUT2D eigenvalue weighted by molar-refractivity contribution is -0.137. The molecule has 0 spiro atoms. The summed E-state index contributed by atoms with van der Waals surface area (Å²) in [6, 6.07) is 0.862. The molecule has 2 rings (SSSR count). The Hall–Kier alpha value is -1.70. The van der Waals surface area contributed by atoms with Crippen molar-refractivity contribution in [1.82, 2.24) is 10.3 Å². The lowest BCUT2D eigenvalue weighted by Gasteiger charge is -2.34. The van der Waals surface area contributed by atoms with E-state index < -0.39 is 29.5 Å². The Morgan fingerprint density at radius 1 is 1.40 bits per heavy atom. The molecule has 0 saturated carbocycles. The molecule has 0 bridgehead atoms. The number of ether oxygens (including phenoxy) is 1. The maximum absolute atomic E-state index is 13.3. The molecule has 25 heavy (non-hydrogen) atoms. The van der Waals surface area contributed by atoms with E-state index in [0.717, 1.165) is 6.07 Å². The van der Waals surface area contributed by atoms with Gasteiger partial charge in [0.1, 0.15) is 11.9 Å². The van der Waals surface area contributed by atoms with Crippen molar-refractivity contribution in [2.45, 2.75) is 51.4 Å². The molecule has 140 valence electrons. The van der Waals surface area contributed by atoms with E-state index in [4.69, 9.17) is 16.3 Å². The molecule has 1 aliphatic heterocycles. The molecule has 1 saturated heterocycles. The summed E-state index contributed by atoms with van der Waals surface area (Å²) in [5, 5.41) is 2.59. The van der Waals surface area contributed by atoms with Crippen LogP contribution in [0.25, 0.3) is 0 Å². The summed E-state index contributed by atoms with van der Waals surface area (Å²) in [5.74, 6) is -0.193. The Bertz CT molecular complexity index is 632. The fourth-order valence-electron chi connectivity index (χ4n) is 2.61. The zero-order valence-electron chi connectivity index (χ0n) is 14.3. The Balaban J connectivity index is 2.13. The molecule has 1 atom stereocenters. The average Bonchev–Trinajstić information content (AvgIpc) is 2.44. The van der Waals surface area contributed by atoms with E-state index in [1.165, 1.54) is 11.1 Å². The second kappa shape index (κ2) is 7.27. The smallest absolute Gasteiger partial charge is 0.420 e. The number of nitrogens with one attached hydrogen (secondary N) is 1. The van der Waals surface area contributed by atoms with Crippen molar-refractivity contribution in [1.29, 1.82) is 0 Å². The number of amides is 1. The molecular formula is C16H21ClF3N3O2. The van der Waals surface area contributed by atoms with Gasteiger partial charge in [0.2, 0.25) is 0 Å². The summed E-state index contributed by atoms with van der Waals surface area (Å²) < 4.78 is 45.1. The molecule has 1 aromatic rings. The van der Waals surface area contributed by atoms with Gasteiger partial charge in [-0.25, -0.2) is 9.78 Å². The highest BCUT2D eigenvalue weighted by Crippen LogP contribution is 2.37. The van der Waals surface area contributed by atoms with Crippen LogP contribution in [0, 0.1) is 0 Å². The molecule has 5 nitrogen and oxygen atoms in total. The van der Waals surface area contributed by atoms with Crippen LogP contribution in [-0.4, -0.2) is 35.8 Å². The summed E-state index contributed by atoms with van der Waals surface area (Å²) in [6.45, 7) is 5.99. The standard InChI is InChI=1S/C16H21ClF3N3O2/c1-15(2,3)22-14(24)25-11-5-4-6-23(9-11)13-12(16(18,19)20)7-10(17)8-21-13/h7-8,11H,4-6,9H2,1-3H3,(H,22,24)/t11-/m1/s1. The second-order valence-electron chi connectivity index (χ2n) is 7.01. The van der Waals surface area contributed by atoms with Gasteiger partial charge in [-0.1, -0.05) is 11.6 Å². The normalized spacial score (nSPS) is 18.8. The first-order chi connectivity index (χ1) is 11.5. The van der Waals surface area contributed by atoms with Crippen LogP contribution < -0.4 is 10.2 Å². The zero-order valence-corrected chi connectivity index (χ0v) is 15.0. The number of carbonyl (C=O) groups is 1. The van der Waals surface area contributed by atoms with Crippen molar-refractivity contribution in [3.05, 3.63) is 22.8 Å². The minimum absolute atomic E-state index is 0.0783. The fraction of sp³-hybridized carbons (Fsp3) is 0.625. The average molecular weight is 380 g/mol. The molecule has 1 N–H and O–H groups in total. The number of alkyl halides is 3. The van der Waals surface area contributed by atoms with Gasteiger partial charge in [0.15, 0.2) is 0 Å². The molecule has 1 fully saturated rings. The lowest BCUT2D eigenvalue weighted by Crippen LogP contribution is -2.46. The van der Waals surface area contributed by atoms with Crippen LogP contribution in [-0.2, 0) is 10.9 Å². The van der Waals surface area contributed by atoms with Gasteiger partial charge in [0.05, 0.1) is 17.1 Å². The molecule has 2 heterocycles. The van der Waals surface area contributed by atoms with Crippen LogP contribution in [0.2, 0.25) is 5.02 Å². The van der Waals surface area contributed by atoms with E-state index in [9.17, 15) is 18.0 Å². The molecule has 1 aromatic heterocycles. The van der Waals surface area contributed by atoms with Gasteiger partial charge in [0, 0.05) is 18.3 Å². The van der Waals surface area contributed by atoms with E-state index >= 15 is 0 Å². The predicted octanol–water partition coefficient (Wildman–Crippen LogP) is 4.25. The highest BCUT2D eigenvalue weighted by molar-refractivity contribution is 6.30. The van der Waals surface area contributed by atoms with E-state index in [1.807, 2.05) is 20.8 Å². The third-order valence-corrected chi connectivity index (χ3v) is 3.77. The number of aromatic nitrogens is 1. The van der Waals surface area contributed by atoms with Crippen LogP contribution in [0.1, 0.15) is 39.2 Å². The Morgan fingerprint density at radius 2 is 2.08 bits per heavy atom. The van der Waals surface area contributed by atoms with Crippen molar-refractivity contribution in [3.8, 4) is 0 Å². The van der Waals surface area contributed by atoms with Crippen molar-refractivity contribution < 1.29 is 22.7 Å². The summed E-state index contributed by atoms with van der Waals surface area (Å²) in [6.07, 6.45) is -3.29. The minimum Gasteiger partial charge on any atom is -0.444 e. The van der Waals surface area contributed by atoms with Gasteiger partial charge in [-0.3, -0.25) is 0 Å². The molecule has 0 unspecified atom stereocenters. The number of anilines is 1. The van der Waals surface area contributed by atoms with Crippen molar-refractivity contribution in [2.75, 3.05) is 18.0 Å². The maximum Gasteiger partial charge on any atom is 0.420 e. The number of carbonyl (C=O) groups excluding carboxylic acids is 1. The Kier molecular flexibility index (Phi) is 5.71. The van der Waals surface area contributed by atoms with E-state index in [0.29, 0.717) is 19.4 Å². The first-order valence-corrected chi connectivity index (χ1v) is 8.30. The van der Waals surface area contributed by atoms with Gasteiger partial charge in [-0.15, -0.1) is 0 Å². The number of alkyl carbamates (subject to hydrolysis) is 1. The summed E-state index contributed by atoms with van der Waals surface area (Å²) in [5.41, 5.74) is -1.34. The highest BCUT2D eigenvalue weighted by Gasteiger charge is 2.37. The fourth-order valence-corrected chi connectivity index (χ4v) is 2.76. The monoisotopic (exact) mass is 379 g/mol. The van der Waals surface area contributed by atoms with E-state index in [1.54, 1.807) is 0 Å². The van der Waals surface area contributed by atoms with Crippen molar-refractivity contribution in [3.63, 3.8) is 0 Å². The molecule has 0 aliphatic carbocycles. The molecular weight excluding hydrogens is 359 g/mol. The quantitative estimate of drug-likeness (QED) is 0.834. The first kappa shape index (κ1) is 19.6. The van der Waals surface area contributed by atoms with Gasteiger partial charge >= 0.3 is 12.3 Å². The number of pyridine rings is 1. The van der Waals surface area contributed by atoms with Crippen LogP contribution in [0.3, 0.4) is 0 Å². The number of piperidine rings is 1. The van der Waals surface area contributed by atoms with Gasteiger partial charge in [-0.2, -0.15) is 13.2 Å². The SMILES string of the molecule is CC(C)(C)NC(=O)O[C@@H]1CCCN(c2ncc(Cl)cc2C(F)(F)F)C1. The summed E-state index contributed by atoms with van der Waals surface area (Å²) in [7, 11) is 0. The topological polar surface area (TPSA) is 54.5 Å². The van der Waals surface area contributed by atoms with E-state index in [2.05, 4.69) is 10.3 Å². The summed E-state index contributed by atoms with van der Waals surface area (Å²) >= 11 is 5.66. The maximum atomic E-state index is 13.3. The lowest BCUT2D eigenvalue weighted by atomic mass is 10.1. The Labute approximate surface area is 149 Å². The largest absolute Gasteiger partial charge is 0.444 e. The number of hydrogen-bond donors (Lipinski definition) is 1. The summed E-state index contributed by atoms with van der Waals surface area (Å²) in [4.78, 5) is 17.2. The van der Waals surface area contributed by atoms with Crippen molar-refractivity contribution in [2.24, 2.45) is 0 Å². The molecule has 1 aliphatic rings. The third-order valence-electron chi connectivity index (χ3n) is 3.57. The number of hydrogen-bond acceptors (Lipinski definition) is 4. The molecule has 0 radical (unpaired) electrons. The molecule has 0 aromatic carbocycles. The molecule has 9 heteroatoms. The number of nitrogens with zero attached hydrogens (tertiary/aromatic N) is 2. The third kappa shape index (κ3) is 5.66. The predicted molar refractivity (Wildman–Crippen MR) is 88.9 cm³/mol. The number of halogens is 4. The van der Waals surface area contributed by atoms with Gasteiger partial charge in [0.25, 0.3) is 0 Å². The van der Waals surface area contributed by atoms with E-state index in [-0.39, 0.29) is 17.4 Å². The van der Waals surface area contributed by atoms with Gasteiger partial charge < -0.3 is 15.0 Å². The van der Waals surface area contributed by atoms with Crippen molar-refractivity contribution >= 4 is 23.5 Å². The van der Waals surface area contributed by atoms with Crippen LogP contribution in [0.15, 0.2) is 12.3 Å². The minimum atomic E-state index is -4.56. The second-order valence-corrected chi connectivity index (χ2v) is 7.45.